The molecule has 170 valence electrons. The summed E-state index contributed by atoms with van der Waals surface area (Å²) in [5.41, 5.74) is 1.98. The van der Waals surface area contributed by atoms with Crippen LogP contribution in [-0.2, 0) is 35.8 Å². The molecule has 2 rings (SSSR count). The third-order valence-corrected chi connectivity index (χ3v) is 11.4. The van der Waals surface area contributed by atoms with Gasteiger partial charge < -0.3 is 4.43 Å². The lowest BCUT2D eigenvalue weighted by atomic mass is 10.00. The number of hydrogen-bond acceptors (Lipinski definition) is 5. The number of benzene rings is 2. The largest absolute Gasteiger partial charge is 0.475 e. The summed E-state index contributed by atoms with van der Waals surface area (Å²) in [5, 5.41) is 2.25. The van der Waals surface area contributed by atoms with E-state index >= 15 is 0 Å². The molecule has 0 spiro atoms. The van der Waals surface area contributed by atoms with E-state index in [1.165, 1.54) is 12.2 Å². The van der Waals surface area contributed by atoms with Gasteiger partial charge in [0.05, 0.1) is 26.4 Å². The van der Waals surface area contributed by atoms with E-state index in [1.54, 1.807) is 0 Å². The zero-order chi connectivity index (χ0) is 23.1. The van der Waals surface area contributed by atoms with E-state index in [2.05, 4.69) is 65.2 Å². The van der Waals surface area contributed by atoms with Crippen molar-refractivity contribution in [2.75, 3.05) is 13.2 Å². The second-order valence-electron chi connectivity index (χ2n) is 8.87. The SMILES string of the molecule is C=CCOP(=O)(OCC=C)OCc1cccc2cccc(CO[Si](C)(C)C(C)(C)C)c12. The fraction of sp³-hybridized carbons (Fsp3) is 0.417. The van der Waals surface area contributed by atoms with Crippen LogP contribution in [0.5, 0.6) is 0 Å². The maximum atomic E-state index is 12.9. The molecule has 0 aliphatic rings. The van der Waals surface area contributed by atoms with Gasteiger partial charge in [-0.1, -0.05) is 69.3 Å². The highest BCUT2D eigenvalue weighted by molar-refractivity contribution is 7.48. The summed E-state index contributed by atoms with van der Waals surface area (Å²) in [6, 6.07) is 12.1. The minimum Gasteiger partial charge on any atom is -0.413 e. The minimum atomic E-state index is -3.74. The lowest BCUT2D eigenvalue weighted by Gasteiger charge is -2.36. The third kappa shape index (κ3) is 6.98. The Labute approximate surface area is 187 Å². The third-order valence-electron chi connectivity index (χ3n) is 5.55. The summed E-state index contributed by atoms with van der Waals surface area (Å²) >= 11 is 0. The van der Waals surface area contributed by atoms with Crippen LogP contribution < -0.4 is 0 Å². The van der Waals surface area contributed by atoms with Crippen molar-refractivity contribution in [3.8, 4) is 0 Å². The highest BCUT2D eigenvalue weighted by Crippen LogP contribution is 2.50. The Morgan fingerprint density at radius 3 is 1.90 bits per heavy atom. The maximum absolute atomic E-state index is 12.9. The van der Waals surface area contributed by atoms with Crippen molar-refractivity contribution < 1.29 is 22.6 Å². The van der Waals surface area contributed by atoms with Crippen molar-refractivity contribution in [2.24, 2.45) is 0 Å². The molecule has 0 aromatic heterocycles. The van der Waals surface area contributed by atoms with Crippen LogP contribution in [0.3, 0.4) is 0 Å². The van der Waals surface area contributed by atoms with Gasteiger partial charge in [-0.2, -0.15) is 0 Å². The van der Waals surface area contributed by atoms with Crippen molar-refractivity contribution in [1.82, 2.24) is 0 Å². The molecule has 0 unspecified atom stereocenters. The van der Waals surface area contributed by atoms with Gasteiger partial charge in [-0.05, 0) is 40.0 Å². The van der Waals surface area contributed by atoms with Crippen LogP contribution in [0.15, 0.2) is 61.7 Å². The Morgan fingerprint density at radius 1 is 0.903 bits per heavy atom. The van der Waals surface area contributed by atoms with Crippen molar-refractivity contribution in [3.05, 3.63) is 72.8 Å². The molecule has 31 heavy (non-hydrogen) atoms. The predicted octanol–water partition coefficient (Wildman–Crippen LogP) is 7.39. The van der Waals surface area contributed by atoms with Crippen LogP contribution >= 0.6 is 7.82 Å². The zero-order valence-electron chi connectivity index (χ0n) is 19.3. The van der Waals surface area contributed by atoms with Gasteiger partial charge in [0, 0.05) is 0 Å². The smallest absolute Gasteiger partial charge is 0.413 e. The van der Waals surface area contributed by atoms with Crippen LogP contribution in [0.4, 0.5) is 0 Å². The van der Waals surface area contributed by atoms with Crippen LogP contribution in [0, 0.1) is 0 Å². The van der Waals surface area contributed by atoms with E-state index in [9.17, 15) is 4.57 Å². The Kier molecular flexibility index (Phi) is 9.01. The van der Waals surface area contributed by atoms with Crippen molar-refractivity contribution in [1.29, 1.82) is 0 Å². The van der Waals surface area contributed by atoms with Crippen molar-refractivity contribution in [3.63, 3.8) is 0 Å². The second kappa shape index (κ2) is 10.9. The molecular formula is C24H35O5PSi. The van der Waals surface area contributed by atoms with E-state index in [4.69, 9.17) is 18.0 Å². The van der Waals surface area contributed by atoms with Crippen LogP contribution in [0.1, 0.15) is 31.9 Å². The summed E-state index contributed by atoms with van der Waals surface area (Å²) in [7, 11) is -5.65. The lowest BCUT2D eigenvalue weighted by Crippen LogP contribution is -2.40. The summed E-state index contributed by atoms with van der Waals surface area (Å²) in [6.45, 7) is 19.1. The molecule has 0 aliphatic carbocycles. The number of rotatable bonds is 12. The van der Waals surface area contributed by atoms with Crippen LogP contribution in [0.25, 0.3) is 10.8 Å². The first-order chi connectivity index (χ1) is 14.5. The molecule has 0 aliphatic heterocycles. The summed E-state index contributed by atoms with van der Waals surface area (Å²) in [6.07, 6.45) is 3.00. The molecule has 0 heterocycles. The normalized spacial score (nSPS) is 12.8. The first-order valence-electron chi connectivity index (χ1n) is 10.4. The van der Waals surface area contributed by atoms with Gasteiger partial charge in [-0.25, -0.2) is 4.57 Å². The lowest BCUT2D eigenvalue weighted by molar-refractivity contribution is 0.125. The Morgan fingerprint density at radius 2 is 1.42 bits per heavy atom. The van der Waals surface area contributed by atoms with E-state index in [-0.39, 0.29) is 24.9 Å². The fourth-order valence-electron chi connectivity index (χ4n) is 2.77. The van der Waals surface area contributed by atoms with E-state index < -0.39 is 16.1 Å². The zero-order valence-corrected chi connectivity index (χ0v) is 21.2. The van der Waals surface area contributed by atoms with E-state index in [1.807, 2.05) is 18.2 Å². The highest BCUT2D eigenvalue weighted by atomic mass is 31.2. The van der Waals surface area contributed by atoms with Gasteiger partial charge >= 0.3 is 7.82 Å². The molecule has 0 bridgehead atoms. The van der Waals surface area contributed by atoms with E-state index in [0.29, 0.717) is 6.61 Å². The molecule has 5 nitrogen and oxygen atoms in total. The molecule has 0 saturated carbocycles. The monoisotopic (exact) mass is 462 g/mol. The molecule has 0 fully saturated rings. The fourth-order valence-corrected chi connectivity index (χ4v) is 4.81. The van der Waals surface area contributed by atoms with Gasteiger partial charge in [-0.15, -0.1) is 13.2 Å². The quantitative estimate of drug-likeness (QED) is 0.187. The van der Waals surface area contributed by atoms with E-state index in [0.717, 1.165) is 21.9 Å². The summed E-state index contributed by atoms with van der Waals surface area (Å²) in [5.74, 6) is 0. The number of hydrogen-bond donors (Lipinski definition) is 0. The minimum absolute atomic E-state index is 0.0650. The molecule has 7 heteroatoms. The number of phosphoric acid groups is 1. The topological polar surface area (TPSA) is 54.0 Å². The van der Waals surface area contributed by atoms with Gasteiger partial charge in [0.25, 0.3) is 0 Å². The molecular weight excluding hydrogens is 427 g/mol. The van der Waals surface area contributed by atoms with Crippen molar-refractivity contribution in [2.45, 2.75) is 52.1 Å². The summed E-state index contributed by atoms with van der Waals surface area (Å²) < 4.78 is 35.6. The molecule has 0 saturated heterocycles. The standard InChI is InChI=1S/C24H35O5PSi/c1-8-16-26-30(25,27-17-9-2)28-18-21-14-10-12-20-13-11-15-22(23(20)21)19-29-31(6,7)24(3,4)5/h8-15H,1-2,16-19H2,3-7H3. The summed E-state index contributed by atoms with van der Waals surface area (Å²) in [4.78, 5) is 0. The van der Waals surface area contributed by atoms with Crippen LogP contribution in [0.2, 0.25) is 18.1 Å². The van der Waals surface area contributed by atoms with Gasteiger partial charge in [0.2, 0.25) is 0 Å². The number of fused-ring (bicyclic) bond motifs is 1. The molecule has 0 N–H and O–H groups in total. The van der Waals surface area contributed by atoms with Crippen molar-refractivity contribution >= 4 is 26.9 Å². The molecule has 0 radical (unpaired) electrons. The first kappa shape index (κ1) is 25.7. The predicted molar refractivity (Wildman–Crippen MR) is 131 cm³/mol. The van der Waals surface area contributed by atoms with Crippen LogP contribution in [-0.4, -0.2) is 21.5 Å². The second-order valence-corrected chi connectivity index (χ2v) is 15.3. The average molecular weight is 463 g/mol. The highest BCUT2D eigenvalue weighted by Gasteiger charge is 2.37. The molecule has 0 amide bonds. The van der Waals surface area contributed by atoms with Gasteiger partial charge in [0.15, 0.2) is 8.32 Å². The molecule has 2 aromatic rings. The number of phosphoric ester groups is 1. The maximum Gasteiger partial charge on any atom is 0.475 e. The first-order valence-corrected chi connectivity index (χ1v) is 14.8. The van der Waals surface area contributed by atoms with Gasteiger partial charge in [-0.3, -0.25) is 13.6 Å². The Hall–Kier alpha value is -1.53. The Balaban J connectivity index is 2.31. The van der Waals surface area contributed by atoms with Gasteiger partial charge in [0.1, 0.15) is 0 Å². The average Bonchev–Trinajstić information content (AvgIpc) is 2.72. The molecule has 2 aromatic carbocycles. The Bertz CT molecular complexity index is 927. The molecule has 0 atom stereocenters.